The van der Waals surface area contributed by atoms with Crippen LogP contribution in [0, 0.1) is 0 Å². The topological polar surface area (TPSA) is 0 Å². The van der Waals surface area contributed by atoms with Crippen molar-refractivity contribution in [3.05, 3.63) is 0 Å². The Hall–Kier alpha value is -1.33. The zero-order chi connectivity index (χ0) is 24.1. The van der Waals surface area contributed by atoms with E-state index in [2.05, 4.69) is 0 Å². The molecule has 3 atom stereocenters. The van der Waals surface area contributed by atoms with Crippen molar-refractivity contribution >= 4 is 0 Å². The Labute approximate surface area is 144 Å². The molecule has 0 aliphatic heterocycles. The normalized spacial score (nSPS) is 35.5. The molecule has 1 aliphatic carbocycles. The number of halogens is 19. The Morgan fingerprint density at radius 3 is 1.07 bits per heavy atom. The minimum atomic E-state index is -8.64. The van der Waals surface area contributed by atoms with Crippen molar-refractivity contribution in [1.29, 1.82) is 0 Å². The maximum Gasteiger partial charge on any atom is 0.435 e. The number of hydrogen-bond donors (Lipinski definition) is 0. The van der Waals surface area contributed by atoms with E-state index in [0.717, 1.165) is 0 Å². The molecule has 0 N–H and O–H groups in total. The highest BCUT2D eigenvalue weighted by molar-refractivity contribution is 5.34. The van der Waals surface area contributed by atoms with Crippen LogP contribution in [-0.4, -0.2) is 59.5 Å². The quantitative estimate of drug-likeness (QED) is 0.399. The number of rotatable bonds is 1. The van der Waals surface area contributed by atoms with Crippen molar-refractivity contribution < 1.29 is 83.4 Å². The highest BCUT2D eigenvalue weighted by atomic mass is 19.4. The van der Waals surface area contributed by atoms with Gasteiger partial charge in [-0.25, -0.2) is 17.6 Å². The first-order valence-electron chi connectivity index (χ1n) is 6.20. The molecule has 0 heterocycles. The van der Waals surface area contributed by atoms with Crippen LogP contribution in [0.3, 0.4) is 0 Å². The predicted octanol–water partition coefficient (Wildman–Crippen LogP) is 6.06. The van der Waals surface area contributed by atoms with Gasteiger partial charge in [0, 0.05) is 0 Å². The van der Waals surface area contributed by atoms with E-state index in [9.17, 15) is 83.4 Å². The molecule has 0 nitrogen and oxygen atoms in total. The lowest BCUT2D eigenvalue weighted by molar-refractivity contribution is -0.497. The van der Waals surface area contributed by atoms with Crippen molar-refractivity contribution in [2.45, 2.75) is 59.5 Å². The lowest BCUT2D eigenvalue weighted by Crippen LogP contribution is -2.90. The predicted molar refractivity (Wildman–Crippen MR) is 49.4 cm³/mol. The molecule has 0 bridgehead atoms. The van der Waals surface area contributed by atoms with E-state index in [1.165, 1.54) is 0 Å². The molecule has 0 aromatic carbocycles. The number of hydrogen-bond acceptors (Lipinski definition) is 0. The van der Waals surface area contributed by atoms with Gasteiger partial charge in [-0.3, -0.25) is 0 Å². The van der Waals surface area contributed by atoms with Crippen LogP contribution in [0.2, 0.25) is 0 Å². The summed E-state index contributed by atoms with van der Waals surface area (Å²) in [5.74, 6) is -25.3. The van der Waals surface area contributed by atoms with Crippen LogP contribution in [0.5, 0.6) is 0 Å². The van der Waals surface area contributed by atoms with Gasteiger partial charge in [-0.1, -0.05) is 0 Å². The molecule has 1 aliphatic rings. The highest BCUT2D eigenvalue weighted by Gasteiger charge is 3.06. The second kappa shape index (κ2) is 5.67. The van der Waals surface area contributed by atoms with Crippen molar-refractivity contribution in [2.24, 2.45) is 0 Å². The van der Waals surface area contributed by atoms with Gasteiger partial charge in [0.2, 0.25) is 6.17 Å². The first-order valence-corrected chi connectivity index (χ1v) is 6.20. The lowest BCUT2D eigenvalue weighted by Gasteiger charge is -2.56. The molecule has 19 heteroatoms. The van der Waals surface area contributed by atoms with Gasteiger partial charge in [0.1, 0.15) is 0 Å². The van der Waals surface area contributed by atoms with E-state index in [-0.39, 0.29) is 0 Å². The van der Waals surface area contributed by atoms with Gasteiger partial charge in [0.15, 0.2) is 0 Å². The summed E-state index contributed by atoms with van der Waals surface area (Å²) in [7, 11) is 0. The van der Waals surface area contributed by atoms with Gasteiger partial charge in [-0.05, 0) is 0 Å². The lowest BCUT2D eigenvalue weighted by atomic mass is 9.62. The molecule has 1 fully saturated rings. The van der Waals surface area contributed by atoms with Crippen LogP contribution in [0.1, 0.15) is 0 Å². The summed E-state index contributed by atoms with van der Waals surface area (Å²) in [4.78, 5) is 0. The smallest absolute Gasteiger partial charge is 0.237 e. The minimum Gasteiger partial charge on any atom is -0.237 e. The van der Waals surface area contributed by atoms with Crippen LogP contribution >= 0.6 is 0 Å². The van der Waals surface area contributed by atoms with Crippen LogP contribution in [0.4, 0.5) is 83.4 Å². The Morgan fingerprint density at radius 2 is 0.828 bits per heavy atom. The maximum atomic E-state index is 14.1. The third kappa shape index (κ3) is 2.38. The van der Waals surface area contributed by atoms with Crippen molar-refractivity contribution in [3.8, 4) is 0 Å². The van der Waals surface area contributed by atoms with Gasteiger partial charge in [-0.2, -0.15) is 65.9 Å². The maximum absolute atomic E-state index is 14.1. The molecule has 0 spiro atoms. The summed E-state index contributed by atoms with van der Waals surface area (Å²) in [6.45, 7) is 0. The van der Waals surface area contributed by atoms with Gasteiger partial charge in [0.05, 0.1) is 0 Å². The molecule has 29 heavy (non-hydrogen) atoms. The molecule has 3 unspecified atom stereocenters. The van der Waals surface area contributed by atoms with Crippen LogP contribution in [0.25, 0.3) is 0 Å². The monoisotopic (exact) mass is 482 g/mol. The fourth-order valence-corrected chi connectivity index (χ4v) is 2.57. The third-order valence-corrected chi connectivity index (χ3v) is 4.08. The second-order valence-corrected chi connectivity index (χ2v) is 5.66. The zero-order valence-corrected chi connectivity index (χ0v) is 12.3. The van der Waals surface area contributed by atoms with Gasteiger partial charge in [0.25, 0.3) is 5.67 Å². The minimum absolute atomic E-state index is 7.07. The molecular weight excluding hydrogens is 481 g/mol. The van der Waals surface area contributed by atoms with Crippen molar-refractivity contribution in [3.63, 3.8) is 0 Å². The van der Waals surface area contributed by atoms with Gasteiger partial charge < -0.3 is 0 Å². The Balaban J connectivity index is 4.23. The SMILES string of the molecule is FC1C(F)(F)C(F)(C(F)(F)F)C(F)(F)C(F)(F)C1(F)C(F)(C(F)(F)F)C(F)(F)F. The molecule has 0 amide bonds. The molecular formula is C10HF19. The largest absolute Gasteiger partial charge is 0.435 e. The van der Waals surface area contributed by atoms with Gasteiger partial charge >= 0.3 is 47.6 Å². The van der Waals surface area contributed by atoms with Crippen LogP contribution in [0.15, 0.2) is 0 Å². The van der Waals surface area contributed by atoms with E-state index in [1.807, 2.05) is 0 Å². The third-order valence-electron chi connectivity index (χ3n) is 4.08. The molecule has 0 radical (unpaired) electrons. The summed E-state index contributed by atoms with van der Waals surface area (Å²) < 4.78 is 247. The Morgan fingerprint density at radius 1 is 0.517 bits per heavy atom. The molecule has 0 aromatic heterocycles. The Kier molecular flexibility index (Phi) is 5.03. The summed E-state index contributed by atoms with van der Waals surface area (Å²) in [6.07, 6.45) is -31.6. The number of alkyl halides is 19. The molecule has 1 rings (SSSR count). The molecule has 0 aromatic rings. The summed E-state index contributed by atoms with van der Waals surface area (Å²) in [6, 6.07) is 0. The van der Waals surface area contributed by atoms with E-state index >= 15 is 0 Å². The fraction of sp³-hybridized carbons (Fsp3) is 1.00. The summed E-state index contributed by atoms with van der Waals surface area (Å²) in [5, 5.41) is 0. The second-order valence-electron chi connectivity index (χ2n) is 5.66. The summed E-state index contributed by atoms with van der Waals surface area (Å²) in [5.41, 5.74) is -25.4. The molecule has 174 valence electrons. The van der Waals surface area contributed by atoms with Crippen molar-refractivity contribution in [1.82, 2.24) is 0 Å². The van der Waals surface area contributed by atoms with Gasteiger partial charge in [-0.15, -0.1) is 0 Å². The average Bonchev–Trinajstić information content (AvgIpc) is 2.46. The van der Waals surface area contributed by atoms with Crippen molar-refractivity contribution in [2.75, 3.05) is 0 Å². The zero-order valence-electron chi connectivity index (χ0n) is 12.3. The Bertz CT molecular complexity index is 635. The van der Waals surface area contributed by atoms with E-state index in [1.54, 1.807) is 0 Å². The van der Waals surface area contributed by atoms with Crippen LogP contribution in [-0.2, 0) is 0 Å². The molecule has 1 saturated carbocycles. The standard InChI is InChI=1S/C10HF19/c11-1-2(12,4(15,8(21,22)23)9(24,25)26)6(17,18)7(19,20)5(16,3(1,13)14)10(27,28)29/h1H. The van der Waals surface area contributed by atoms with E-state index in [4.69, 9.17) is 0 Å². The van der Waals surface area contributed by atoms with E-state index < -0.39 is 59.5 Å². The first kappa shape index (κ1) is 25.7. The fourth-order valence-electron chi connectivity index (χ4n) is 2.57. The average molecular weight is 482 g/mol. The highest BCUT2D eigenvalue weighted by Crippen LogP contribution is 2.73. The van der Waals surface area contributed by atoms with E-state index in [0.29, 0.717) is 0 Å². The molecule has 0 saturated heterocycles. The first-order chi connectivity index (χ1) is 12.2. The van der Waals surface area contributed by atoms with Crippen LogP contribution < -0.4 is 0 Å². The summed E-state index contributed by atoms with van der Waals surface area (Å²) >= 11 is 0.